The van der Waals surface area contributed by atoms with E-state index in [1.807, 2.05) is 0 Å². The Labute approximate surface area is 107 Å². The smallest absolute Gasteiger partial charge is 0 e. The normalized spacial score (nSPS) is 0. The Morgan fingerprint density at radius 1 is 1.00 bits per heavy atom. The van der Waals surface area contributed by atoms with E-state index >= 15 is 0 Å². The number of hydrogen-bond acceptors (Lipinski definition) is 0. The van der Waals surface area contributed by atoms with Crippen molar-refractivity contribution in [3.63, 3.8) is 0 Å². The molecule has 0 saturated heterocycles. The first-order valence-electron chi connectivity index (χ1n) is 0. The zero-order valence-corrected chi connectivity index (χ0v) is 12.7. The molecule has 0 rings (SSSR count). The quantitative estimate of drug-likeness (QED) is 0.461. The summed E-state index contributed by atoms with van der Waals surface area (Å²) in [6, 6.07) is 0. The SMILES string of the molecule is [Cu].[Fe].[Mn].[Mo].[SeH].[Zn]. The first-order valence-corrected chi connectivity index (χ1v) is 0. The third-order valence-corrected chi connectivity index (χ3v) is 0. The summed E-state index contributed by atoms with van der Waals surface area (Å²) in [4.78, 5) is 0. The van der Waals surface area contributed by atoms with E-state index in [9.17, 15) is 0 Å². The molecule has 0 nitrogen and oxygen atoms in total. The van der Waals surface area contributed by atoms with Gasteiger partial charge in [-0.1, -0.05) is 0 Å². The van der Waals surface area contributed by atoms with Gasteiger partial charge in [0.2, 0.25) is 0 Å². The van der Waals surface area contributed by atoms with Crippen LogP contribution in [0.4, 0.5) is 0 Å². The van der Waals surface area contributed by atoms with Crippen LogP contribution < -0.4 is 0 Å². The molecule has 0 aromatic heterocycles. The summed E-state index contributed by atoms with van der Waals surface area (Å²) in [6.45, 7) is 0. The molecule has 0 bridgehead atoms. The van der Waals surface area contributed by atoms with Gasteiger partial charge in [0, 0.05) is 91.7 Å². The molecule has 0 aliphatic heterocycles. The Morgan fingerprint density at radius 2 is 1.00 bits per heavy atom. The number of hydrogen-bond donors (Lipinski definition) is 0. The summed E-state index contributed by atoms with van der Waals surface area (Å²) < 4.78 is 0. The second kappa shape index (κ2) is 39.9. The minimum Gasteiger partial charge on any atom is 0 e. The van der Waals surface area contributed by atoms with E-state index in [0.717, 1.165) is 0 Å². The second-order valence-electron chi connectivity index (χ2n) is 0. The van der Waals surface area contributed by atoms with Crippen LogP contribution in [0.25, 0.3) is 0 Å². The minimum absolute atomic E-state index is 0. The van der Waals surface area contributed by atoms with Crippen LogP contribution in [-0.4, -0.2) is 17.1 Å². The first-order chi connectivity index (χ1) is 0. The Kier molecular flexibility index (Phi) is 382. The van der Waals surface area contributed by atoms with E-state index < -0.39 is 0 Å². The maximum atomic E-state index is 0. The van der Waals surface area contributed by atoms with Crippen LogP contribution in [-0.2, 0) is 91.7 Å². The third kappa shape index (κ3) is 26.3. The summed E-state index contributed by atoms with van der Waals surface area (Å²) in [7, 11) is 0. The first kappa shape index (κ1) is 57.5. The molecule has 0 aliphatic rings. The van der Waals surface area contributed by atoms with Crippen molar-refractivity contribution in [2.75, 3.05) is 0 Å². The maximum absolute atomic E-state index is 0. The summed E-state index contributed by atoms with van der Waals surface area (Å²) in [6.07, 6.45) is 0. The van der Waals surface area contributed by atoms with Gasteiger partial charge in [-0.05, 0) is 0 Å². The molecule has 0 fully saturated rings. The van der Waals surface area contributed by atoms with Crippen LogP contribution >= 0.6 is 0 Å². The van der Waals surface area contributed by atoms with Gasteiger partial charge in [-0.25, -0.2) is 0 Å². The van der Waals surface area contributed by atoms with Crippen LogP contribution in [0.15, 0.2) is 0 Å². The van der Waals surface area contributed by atoms with Crippen molar-refractivity contribution < 1.29 is 91.7 Å². The van der Waals surface area contributed by atoms with Crippen molar-refractivity contribution in [3.05, 3.63) is 0 Å². The van der Waals surface area contributed by atoms with Gasteiger partial charge in [0.05, 0.1) is 0 Å². The zero-order chi connectivity index (χ0) is 0. The van der Waals surface area contributed by atoms with Gasteiger partial charge in [0.1, 0.15) is 0 Å². The average molecular weight is 416 g/mol. The van der Waals surface area contributed by atoms with Gasteiger partial charge in [0.25, 0.3) is 0 Å². The molecule has 0 aromatic rings. The summed E-state index contributed by atoms with van der Waals surface area (Å²) in [5.74, 6) is 0. The Bertz CT molecular complexity index is 15.5. The maximum Gasteiger partial charge on any atom is 0 e. The molecule has 0 heterocycles. The van der Waals surface area contributed by atoms with Crippen molar-refractivity contribution in [1.29, 1.82) is 0 Å². The monoisotopic (exact) mass is 417 g/mol. The molecule has 0 saturated carbocycles. The zero-order valence-electron chi connectivity index (χ0n) is 2.60. The Balaban J connectivity index is 0. The predicted molar refractivity (Wildman–Crippen MR) is 7.15 cm³/mol. The van der Waals surface area contributed by atoms with Crippen LogP contribution in [0.5, 0.6) is 0 Å². The van der Waals surface area contributed by atoms with E-state index in [-0.39, 0.29) is 109 Å². The third-order valence-electron chi connectivity index (χ3n) is 0. The van der Waals surface area contributed by atoms with Crippen molar-refractivity contribution >= 4 is 17.1 Å². The predicted octanol–water partition coefficient (Wildman–Crippen LogP) is -0.661. The largest absolute Gasteiger partial charge is 0 e. The van der Waals surface area contributed by atoms with E-state index in [4.69, 9.17) is 0 Å². The molecule has 41 valence electrons. The van der Waals surface area contributed by atoms with E-state index in [1.165, 1.54) is 0 Å². The topological polar surface area (TPSA) is 0 Å². The Morgan fingerprint density at radius 3 is 1.00 bits per heavy atom. The standard InChI is InChI=1S/Cu.Fe.Mn.Mo.HSe.Zn/h;;;;1H;. The molecule has 3 radical (unpaired) electrons. The molecule has 0 atom stereocenters. The van der Waals surface area contributed by atoms with E-state index in [2.05, 4.69) is 0 Å². The van der Waals surface area contributed by atoms with Crippen LogP contribution in [0.1, 0.15) is 0 Å². The molecule has 0 spiro atoms. The average Bonchev–Trinajstić information content (AvgIpc) is 0. The van der Waals surface area contributed by atoms with Crippen molar-refractivity contribution in [2.24, 2.45) is 0 Å². The molecular formula is HCuFeMnMoSeZn. The van der Waals surface area contributed by atoms with Crippen LogP contribution in [0.3, 0.4) is 0 Å². The van der Waals surface area contributed by atoms with Crippen LogP contribution in [0, 0.1) is 0 Å². The van der Waals surface area contributed by atoms with Crippen LogP contribution in [0.2, 0.25) is 0 Å². The molecule has 0 aliphatic carbocycles. The Hall–Kier alpha value is 3.39. The van der Waals surface area contributed by atoms with Crippen molar-refractivity contribution in [1.82, 2.24) is 0 Å². The summed E-state index contributed by atoms with van der Waals surface area (Å²) >= 11 is 0. The van der Waals surface area contributed by atoms with E-state index in [1.54, 1.807) is 0 Å². The fraction of sp³-hybridized carbons (Fsp3) is 0. The summed E-state index contributed by atoms with van der Waals surface area (Å²) in [5.41, 5.74) is 0. The van der Waals surface area contributed by atoms with Gasteiger partial charge < -0.3 is 0 Å². The fourth-order valence-electron chi connectivity index (χ4n) is 0. The van der Waals surface area contributed by atoms with Gasteiger partial charge in [-0.3, -0.25) is 0 Å². The molecule has 0 amide bonds. The van der Waals surface area contributed by atoms with Gasteiger partial charge in [-0.15, -0.1) is 0 Å². The van der Waals surface area contributed by atoms with Gasteiger partial charge >= 0.3 is 17.1 Å². The van der Waals surface area contributed by atoms with Crippen molar-refractivity contribution in [3.8, 4) is 0 Å². The van der Waals surface area contributed by atoms with Gasteiger partial charge in [-0.2, -0.15) is 0 Å². The minimum atomic E-state index is 0. The molecule has 0 aromatic carbocycles. The van der Waals surface area contributed by atoms with Crippen molar-refractivity contribution in [2.45, 2.75) is 0 Å². The molecule has 0 unspecified atom stereocenters. The summed E-state index contributed by atoms with van der Waals surface area (Å²) in [5, 5.41) is 0. The molecular weight excluding hydrogens is 415 g/mol. The molecule has 0 N–H and O–H groups in total. The molecule has 6 heteroatoms. The number of rotatable bonds is 0. The van der Waals surface area contributed by atoms with Gasteiger partial charge in [0.15, 0.2) is 0 Å². The van der Waals surface area contributed by atoms with E-state index in [0.29, 0.717) is 0 Å². The second-order valence-corrected chi connectivity index (χ2v) is 0. The molecule has 6 heavy (non-hydrogen) atoms. The fourth-order valence-corrected chi connectivity index (χ4v) is 0.